The average molecular weight is 328 g/mol. The third kappa shape index (κ3) is 2.32. The highest BCUT2D eigenvalue weighted by molar-refractivity contribution is 5.87. The van der Waals surface area contributed by atoms with E-state index in [-0.39, 0.29) is 5.69 Å². The monoisotopic (exact) mass is 328 g/mol. The van der Waals surface area contributed by atoms with Crippen LogP contribution in [0.1, 0.15) is 21.9 Å². The molecule has 2 heterocycles. The number of rotatable bonds is 4. The molecule has 2 aromatic heterocycles. The molecule has 0 radical (unpaired) electrons. The molecule has 0 unspecified atom stereocenters. The zero-order valence-corrected chi connectivity index (χ0v) is 13.7. The van der Waals surface area contributed by atoms with Gasteiger partial charge in [0.25, 0.3) is 0 Å². The summed E-state index contributed by atoms with van der Waals surface area (Å²) in [5, 5.41) is 21.5. The van der Waals surface area contributed by atoms with Gasteiger partial charge in [-0.05, 0) is 31.5 Å². The minimum Gasteiger partial charge on any atom is -0.493 e. The maximum Gasteiger partial charge on any atom is 0.358 e. The quantitative estimate of drug-likeness (QED) is 0.783. The van der Waals surface area contributed by atoms with Crippen LogP contribution in [0.5, 0.6) is 11.5 Å². The van der Waals surface area contributed by atoms with Crippen LogP contribution in [-0.2, 0) is 0 Å². The molecule has 0 saturated carbocycles. The van der Waals surface area contributed by atoms with Gasteiger partial charge in [0.1, 0.15) is 0 Å². The van der Waals surface area contributed by atoms with Crippen molar-refractivity contribution in [2.45, 2.75) is 13.8 Å². The number of aromatic carboxylic acids is 1. The van der Waals surface area contributed by atoms with Crippen molar-refractivity contribution in [3.8, 4) is 22.6 Å². The van der Waals surface area contributed by atoms with Crippen LogP contribution in [0, 0.1) is 13.8 Å². The summed E-state index contributed by atoms with van der Waals surface area (Å²) in [4.78, 5) is 11.2. The predicted octanol–water partition coefficient (Wildman–Crippen LogP) is 2.12. The van der Waals surface area contributed by atoms with Gasteiger partial charge in [0.15, 0.2) is 22.8 Å². The summed E-state index contributed by atoms with van der Waals surface area (Å²) in [5.41, 5.74) is 3.09. The van der Waals surface area contributed by atoms with Crippen molar-refractivity contribution in [2.75, 3.05) is 14.2 Å². The molecule has 8 nitrogen and oxygen atoms in total. The standard InChI is InChI=1S/C16H16N4O4/c1-8-13(10-5-6-11(23-3)12(7-10)24-4)15-18-17-14(16(21)22)9(2)20(15)19-8/h5-7H,1-4H3,(H,21,22). The lowest BCUT2D eigenvalue weighted by atomic mass is 10.1. The Labute approximate surface area is 137 Å². The first kappa shape index (κ1) is 15.7. The number of aromatic nitrogens is 4. The van der Waals surface area contributed by atoms with Crippen LogP contribution in [0.25, 0.3) is 16.8 Å². The zero-order chi connectivity index (χ0) is 17.4. The highest BCUT2D eigenvalue weighted by atomic mass is 16.5. The number of aryl methyl sites for hydroxylation is 2. The molecule has 0 aliphatic rings. The number of benzene rings is 1. The van der Waals surface area contributed by atoms with E-state index in [1.165, 1.54) is 4.52 Å². The average Bonchev–Trinajstić information content (AvgIpc) is 2.91. The normalized spacial score (nSPS) is 10.8. The fourth-order valence-corrected chi connectivity index (χ4v) is 2.64. The van der Waals surface area contributed by atoms with Crippen LogP contribution in [0.4, 0.5) is 0 Å². The van der Waals surface area contributed by atoms with Gasteiger partial charge < -0.3 is 14.6 Å². The Hall–Kier alpha value is -3.16. The summed E-state index contributed by atoms with van der Waals surface area (Å²) < 4.78 is 12.1. The van der Waals surface area contributed by atoms with Crippen molar-refractivity contribution in [2.24, 2.45) is 0 Å². The molecule has 0 bridgehead atoms. The molecular weight excluding hydrogens is 312 g/mol. The fraction of sp³-hybridized carbons (Fsp3) is 0.250. The van der Waals surface area contributed by atoms with Gasteiger partial charge in [-0.3, -0.25) is 0 Å². The zero-order valence-electron chi connectivity index (χ0n) is 13.7. The molecule has 3 rings (SSSR count). The highest BCUT2D eigenvalue weighted by Crippen LogP contribution is 2.35. The maximum absolute atomic E-state index is 11.2. The van der Waals surface area contributed by atoms with Crippen LogP contribution in [0.2, 0.25) is 0 Å². The Morgan fingerprint density at radius 2 is 1.83 bits per heavy atom. The second kappa shape index (κ2) is 5.80. The first-order valence-corrected chi connectivity index (χ1v) is 7.16. The summed E-state index contributed by atoms with van der Waals surface area (Å²) >= 11 is 0. The molecule has 1 N–H and O–H groups in total. The first-order chi connectivity index (χ1) is 11.5. The number of fused-ring (bicyclic) bond motifs is 1. The predicted molar refractivity (Wildman–Crippen MR) is 85.8 cm³/mol. The van der Waals surface area contributed by atoms with Crippen LogP contribution < -0.4 is 9.47 Å². The Kier molecular flexibility index (Phi) is 3.80. The van der Waals surface area contributed by atoms with Crippen LogP contribution in [0.3, 0.4) is 0 Å². The summed E-state index contributed by atoms with van der Waals surface area (Å²) in [6.45, 7) is 3.48. The van der Waals surface area contributed by atoms with Crippen molar-refractivity contribution in [3.05, 3.63) is 35.3 Å². The largest absolute Gasteiger partial charge is 0.493 e. The van der Waals surface area contributed by atoms with Crippen molar-refractivity contribution in [1.82, 2.24) is 19.8 Å². The molecule has 8 heteroatoms. The van der Waals surface area contributed by atoms with Gasteiger partial charge in [-0.15, -0.1) is 10.2 Å². The summed E-state index contributed by atoms with van der Waals surface area (Å²) in [6, 6.07) is 5.49. The third-order valence-corrected chi connectivity index (χ3v) is 3.82. The second-order valence-corrected chi connectivity index (χ2v) is 5.20. The molecule has 1 aromatic carbocycles. The van der Waals surface area contributed by atoms with Crippen molar-refractivity contribution >= 4 is 11.6 Å². The van der Waals surface area contributed by atoms with Crippen molar-refractivity contribution in [3.63, 3.8) is 0 Å². The maximum atomic E-state index is 11.2. The van der Waals surface area contributed by atoms with E-state index in [4.69, 9.17) is 9.47 Å². The van der Waals surface area contributed by atoms with Gasteiger partial charge in [-0.25, -0.2) is 9.31 Å². The number of carbonyl (C=O) groups is 1. The Morgan fingerprint density at radius 1 is 1.12 bits per heavy atom. The summed E-state index contributed by atoms with van der Waals surface area (Å²) in [5.74, 6) is 0.0640. The summed E-state index contributed by atoms with van der Waals surface area (Å²) in [7, 11) is 3.13. The van der Waals surface area contributed by atoms with E-state index < -0.39 is 5.97 Å². The van der Waals surface area contributed by atoms with E-state index in [0.29, 0.717) is 28.5 Å². The second-order valence-electron chi connectivity index (χ2n) is 5.20. The molecule has 0 spiro atoms. The molecular formula is C16H16N4O4. The number of nitrogens with zero attached hydrogens (tertiary/aromatic N) is 4. The number of hydrogen-bond donors (Lipinski definition) is 1. The van der Waals surface area contributed by atoms with Gasteiger partial charge in [-0.1, -0.05) is 6.07 Å². The number of ether oxygens (including phenoxy) is 2. The fourth-order valence-electron chi connectivity index (χ4n) is 2.64. The molecule has 0 amide bonds. The van der Waals surface area contributed by atoms with E-state index in [1.54, 1.807) is 27.2 Å². The molecule has 0 fully saturated rings. The lowest BCUT2D eigenvalue weighted by Crippen LogP contribution is -2.10. The van der Waals surface area contributed by atoms with Crippen molar-refractivity contribution < 1.29 is 19.4 Å². The van der Waals surface area contributed by atoms with Crippen LogP contribution >= 0.6 is 0 Å². The number of carboxylic acids is 1. The first-order valence-electron chi connectivity index (χ1n) is 7.16. The van der Waals surface area contributed by atoms with E-state index in [9.17, 15) is 9.90 Å². The summed E-state index contributed by atoms with van der Waals surface area (Å²) in [6.07, 6.45) is 0. The van der Waals surface area contributed by atoms with E-state index in [1.807, 2.05) is 19.1 Å². The number of carboxylic acid groups (broad SMARTS) is 1. The Bertz CT molecular complexity index is 949. The SMILES string of the molecule is COc1ccc(-c2c(C)nn3c(C)c(C(=O)O)nnc23)cc1OC. The van der Waals surface area contributed by atoms with Crippen molar-refractivity contribution in [1.29, 1.82) is 0 Å². The van der Waals surface area contributed by atoms with E-state index in [0.717, 1.165) is 11.1 Å². The van der Waals surface area contributed by atoms with Gasteiger partial charge >= 0.3 is 5.97 Å². The molecule has 24 heavy (non-hydrogen) atoms. The number of hydrogen-bond acceptors (Lipinski definition) is 6. The van der Waals surface area contributed by atoms with Crippen LogP contribution in [-0.4, -0.2) is 45.1 Å². The molecule has 0 saturated heterocycles. The van der Waals surface area contributed by atoms with E-state index in [2.05, 4.69) is 15.3 Å². The Balaban J connectivity index is 2.26. The topological polar surface area (TPSA) is 98.8 Å². The van der Waals surface area contributed by atoms with Gasteiger partial charge in [0.2, 0.25) is 0 Å². The molecule has 124 valence electrons. The minimum absolute atomic E-state index is 0.121. The van der Waals surface area contributed by atoms with Gasteiger partial charge in [0, 0.05) is 0 Å². The molecule has 0 aliphatic carbocycles. The van der Waals surface area contributed by atoms with Gasteiger partial charge in [-0.2, -0.15) is 5.10 Å². The Morgan fingerprint density at radius 3 is 2.46 bits per heavy atom. The minimum atomic E-state index is -1.14. The van der Waals surface area contributed by atoms with Gasteiger partial charge in [0.05, 0.1) is 31.2 Å². The lowest BCUT2D eigenvalue weighted by molar-refractivity contribution is 0.0687. The lowest BCUT2D eigenvalue weighted by Gasteiger charge is -2.09. The highest BCUT2D eigenvalue weighted by Gasteiger charge is 2.20. The molecule has 3 aromatic rings. The number of methoxy groups -OCH3 is 2. The van der Waals surface area contributed by atoms with E-state index >= 15 is 0 Å². The molecule has 0 aliphatic heterocycles. The smallest absolute Gasteiger partial charge is 0.358 e. The van der Waals surface area contributed by atoms with Crippen LogP contribution in [0.15, 0.2) is 18.2 Å². The third-order valence-electron chi connectivity index (χ3n) is 3.82. The molecule has 0 atom stereocenters.